The second-order valence-corrected chi connectivity index (χ2v) is 8.78. The quantitative estimate of drug-likeness (QED) is 0.607. The highest BCUT2D eigenvalue weighted by Crippen LogP contribution is 2.30. The summed E-state index contributed by atoms with van der Waals surface area (Å²) in [6.07, 6.45) is 0.0571. The second kappa shape index (κ2) is 8.17. The molecule has 154 valence electrons. The standard InChI is InChI=1S/C19H16ClF3N2O3S/c1-10-19(29(2,26)27)25-18(24-10)17(12-4-6-14(21)13(20)8-12)28-9-11-3-5-15(22)16(23)7-11/h3-8,17H,9H2,1-2H3,(H,24,25)/t17-/m0/s1. The number of benzene rings is 2. The summed E-state index contributed by atoms with van der Waals surface area (Å²) in [6.45, 7) is 1.39. The third-order valence-electron chi connectivity index (χ3n) is 4.11. The maximum Gasteiger partial charge on any atom is 0.194 e. The summed E-state index contributed by atoms with van der Waals surface area (Å²) in [4.78, 5) is 6.97. The first-order valence-corrected chi connectivity index (χ1v) is 10.6. The largest absolute Gasteiger partial charge is 0.361 e. The molecule has 5 nitrogen and oxygen atoms in total. The van der Waals surface area contributed by atoms with Crippen molar-refractivity contribution in [3.05, 3.63) is 81.5 Å². The smallest absolute Gasteiger partial charge is 0.194 e. The van der Waals surface area contributed by atoms with Crippen LogP contribution >= 0.6 is 11.6 Å². The highest BCUT2D eigenvalue weighted by Gasteiger charge is 2.24. The van der Waals surface area contributed by atoms with Crippen LogP contribution in [0.25, 0.3) is 0 Å². The Morgan fingerprint density at radius 3 is 2.38 bits per heavy atom. The average molecular weight is 445 g/mol. The average Bonchev–Trinajstić information content (AvgIpc) is 3.03. The first kappa shape index (κ1) is 21.4. The van der Waals surface area contributed by atoms with E-state index >= 15 is 0 Å². The zero-order valence-corrected chi connectivity index (χ0v) is 16.9. The molecule has 0 amide bonds. The maximum atomic E-state index is 13.6. The Kier molecular flexibility index (Phi) is 6.02. The summed E-state index contributed by atoms with van der Waals surface area (Å²) in [5.41, 5.74) is 1.04. The summed E-state index contributed by atoms with van der Waals surface area (Å²) in [6, 6.07) is 7.18. The predicted octanol–water partition coefficient (Wildman–Crippen LogP) is 4.50. The molecule has 1 N–H and O–H groups in total. The van der Waals surface area contributed by atoms with Crippen molar-refractivity contribution in [2.75, 3.05) is 6.26 Å². The Morgan fingerprint density at radius 1 is 1.10 bits per heavy atom. The van der Waals surface area contributed by atoms with E-state index in [2.05, 4.69) is 9.97 Å². The van der Waals surface area contributed by atoms with E-state index in [1.165, 1.54) is 25.1 Å². The van der Waals surface area contributed by atoms with Gasteiger partial charge in [-0.25, -0.2) is 26.6 Å². The maximum absolute atomic E-state index is 13.6. The number of aromatic amines is 1. The molecule has 0 spiro atoms. The number of imidazole rings is 1. The van der Waals surface area contributed by atoms with Crippen LogP contribution in [0.1, 0.15) is 28.7 Å². The van der Waals surface area contributed by atoms with Crippen LogP contribution in [0.3, 0.4) is 0 Å². The number of sulfone groups is 1. The van der Waals surface area contributed by atoms with Crippen molar-refractivity contribution in [1.82, 2.24) is 9.97 Å². The Morgan fingerprint density at radius 2 is 1.79 bits per heavy atom. The number of halogens is 4. The number of aromatic nitrogens is 2. The summed E-state index contributed by atoms with van der Waals surface area (Å²) in [7, 11) is -3.60. The fraction of sp³-hybridized carbons (Fsp3) is 0.211. The van der Waals surface area contributed by atoms with E-state index < -0.39 is 33.4 Å². The van der Waals surface area contributed by atoms with E-state index in [4.69, 9.17) is 16.3 Å². The van der Waals surface area contributed by atoms with Crippen molar-refractivity contribution < 1.29 is 26.3 Å². The molecule has 10 heteroatoms. The third kappa shape index (κ3) is 4.80. The van der Waals surface area contributed by atoms with Gasteiger partial charge in [0.2, 0.25) is 0 Å². The predicted molar refractivity (Wildman–Crippen MR) is 101 cm³/mol. The van der Waals surface area contributed by atoms with E-state index in [9.17, 15) is 21.6 Å². The molecule has 0 saturated carbocycles. The fourth-order valence-electron chi connectivity index (χ4n) is 2.77. The van der Waals surface area contributed by atoms with Gasteiger partial charge in [0.05, 0.1) is 17.3 Å². The number of nitrogens with one attached hydrogen (secondary N) is 1. The molecule has 29 heavy (non-hydrogen) atoms. The highest BCUT2D eigenvalue weighted by molar-refractivity contribution is 7.90. The van der Waals surface area contributed by atoms with Crippen LogP contribution in [-0.2, 0) is 21.2 Å². The topological polar surface area (TPSA) is 72.0 Å². The van der Waals surface area contributed by atoms with Crippen molar-refractivity contribution in [3.63, 3.8) is 0 Å². The van der Waals surface area contributed by atoms with E-state index in [0.29, 0.717) is 16.8 Å². The van der Waals surface area contributed by atoms with Gasteiger partial charge in [0.15, 0.2) is 26.5 Å². The molecule has 0 unspecified atom stereocenters. The minimum atomic E-state index is -3.60. The van der Waals surface area contributed by atoms with E-state index in [1.807, 2.05) is 0 Å². The number of H-pyrrole nitrogens is 1. The van der Waals surface area contributed by atoms with Crippen LogP contribution < -0.4 is 0 Å². The van der Waals surface area contributed by atoms with Crippen LogP contribution in [0.5, 0.6) is 0 Å². The molecule has 3 rings (SSSR count). The summed E-state index contributed by atoms with van der Waals surface area (Å²) < 4.78 is 69.8. The molecule has 1 atom stereocenters. The number of hydrogen-bond donors (Lipinski definition) is 1. The molecule has 2 aromatic carbocycles. The van der Waals surface area contributed by atoms with Gasteiger partial charge < -0.3 is 9.72 Å². The Labute approximate surface area is 170 Å². The number of hydrogen-bond acceptors (Lipinski definition) is 4. The molecule has 3 aromatic rings. The van der Waals surface area contributed by atoms with Crippen molar-refractivity contribution in [2.45, 2.75) is 24.7 Å². The summed E-state index contributed by atoms with van der Waals surface area (Å²) in [5, 5.41) is -0.308. The van der Waals surface area contributed by atoms with Gasteiger partial charge in [-0.15, -0.1) is 0 Å². The lowest BCUT2D eigenvalue weighted by atomic mass is 10.1. The minimum Gasteiger partial charge on any atom is -0.361 e. The van der Waals surface area contributed by atoms with Gasteiger partial charge in [-0.3, -0.25) is 0 Å². The van der Waals surface area contributed by atoms with Crippen molar-refractivity contribution in [2.24, 2.45) is 0 Å². The molecule has 1 heterocycles. The second-order valence-electron chi connectivity index (χ2n) is 6.44. The monoisotopic (exact) mass is 444 g/mol. The van der Waals surface area contributed by atoms with Gasteiger partial charge in [0, 0.05) is 6.26 Å². The molecular formula is C19H16ClF3N2O3S. The fourth-order valence-corrected chi connectivity index (χ4v) is 3.83. The van der Waals surface area contributed by atoms with Crippen LogP contribution in [0.4, 0.5) is 13.2 Å². The van der Waals surface area contributed by atoms with E-state index in [-0.39, 0.29) is 22.5 Å². The van der Waals surface area contributed by atoms with Crippen LogP contribution in [-0.4, -0.2) is 24.6 Å². The van der Waals surface area contributed by atoms with Crippen molar-refractivity contribution in [1.29, 1.82) is 0 Å². The van der Waals surface area contributed by atoms with Crippen LogP contribution in [0.15, 0.2) is 41.4 Å². The van der Waals surface area contributed by atoms with Gasteiger partial charge >= 0.3 is 0 Å². The molecule has 0 bridgehead atoms. The lowest BCUT2D eigenvalue weighted by Gasteiger charge is -2.17. The van der Waals surface area contributed by atoms with Crippen molar-refractivity contribution in [3.8, 4) is 0 Å². The summed E-state index contributed by atoms with van der Waals surface area (Å²) >= 11 is 5.86. The third-order valence-corrected chi connectivity index (χ3v) is 5.49. The lowest BCUT2D eigenvalue weighted by molar-refractivity contribution is 0.0611. The zero-order valence-electron chi connectivity index (χ0n) is 15.3. The van der Waals surface area contributed by atoms with Crippen molar-refractivity contribution >= 4 is 21.4 Å². The van der Waals surface area contributed by atoms with Gasteiger partial charge in [0.1, 0.15) is 17.7 Å². The number of ether oxygens (including phenoxy) is 1. The van der Waals surface area contributed by atoms with Gasteiger partial charge in [-0.1, -0.05) is 23.7 Å². The molecule has 0 aliphatic heterocycles. The number of nitrogens with zero attached hydrogens (tertiary/aromatic N) is 1. The SMILES string of the molecule is Cc1[nH]c([C@@H](OCc2ccc(F)c(F)c2)c2ccc(F)c(Cl)c2)nc1S(C)(=O)=O. The van der Waals surface area contributed by atoms with E-state index in [0.717, 1.165) is 24.5 Å². The number of aryl methyl sites for hydroxylation is 1. The Bertz CT molecular complexity index is 1170. The van der Waals surface area contributed by atoms with Crippen LogP contribution in [0, 0.1) is 24.4 Å². The van der Waals surface area contributed by atoms with Gasteiger partial charge in [0.25, 0.3) is 0 Å². The highest BCUT2D eigenvalue weighted by atomic mass is 35.5. The Balaban J connectivity index is 1.99. The van der Waals surface area contributed by atoms with Crippen LogP contribution in [0.2, 0.25) is 5.02 Å². The minimum absolute atomic E-state index is 0.146. The Hall–Kier alpha value is -2.36. The molecule has 0 fully saturated rings. The van der Waals surface area contributed by atoms with E-state index in [1.54, 1.807) is 0 Å². The molecule has 0 aliphatic carbocycles. The lowest BCUT2D eigenvalue weighted by Crippen LogP contribution is -2.09. The first-order chi connectivity index (χ1) is 13.6. The summed E-state index contributed by atoms with van der Waals surface area (Å²) in [5.74, 6) is -2.51. The molecule has 0 saturated heterocycles. The molecule has 1 aromatic heterocycles. The normalized spacial score (nSPS) is 12.9. The molecule has 0 radical (unpaired) electrons. The first-order valence-electron chi connectivity index (χ1n) is 8.33. The zero-order chi connectivity index (χ0) is 21.3. The molecule has 0 aliphatic rings. The van der Waals surface area contributed by atoms with Gasteiger partial charge in [-0.2, -0.15) is 0 Å². The van der Waals surface area contributed by atoms with Gasteiger partial charge in [-0.05, 0) is 42.3 Å². The number of rotatable bonds is 6. The molecular weight excluding hydrogens is 429 g/mol.